The largest absolute Gasteiger partial charge is 0.198 e. The van der Waals surface area contributed by atoms with E-state index < -0.39 is 0 Å². The van der Waals surface area contributed by atoms with Gasteiger partial charge in [-0.1, -0.05) is 0 Å². The first-order valence-electron chi connectivity index (χ1n) is 4.02. The number of nitrogens with zero attached hydrogens (tertiary/aromatic N) is 3. The Kier molecular flexibility index (Phi) is 3.68. The topological polar surface area (TPSA) is 71.4 Å². The summed E-state index contributed by atoms with van der Waals surface area (Å²) >= 11 is 1.46. The quantitative estimate of drug-likeness (QED) is 0.750. The Bertz CT molecular complexity index is 406. The molecule has 0 fully saturated rings. The standard InChI is InChI=1S/C10H7N3S/c11-4-1-8-7-14-10(3-6-13)9(8)2-5-12/h7H,1-3H2. The SMILES string of the molecule is N#CCc1csc(CC#N)c1CC#N. The van der Waals surface area contributed by atoms with Crippen LogP contribution in [0.3, 0.4) is 0 Å². The van der Waals surface area contributed by atoms with Crippen molar-refractivity contribution in [3.05, 3.63) is 21.4 Å². The maximum atomic E-state index is 8.61. The van der Waals surface area contributed by atoms with Gasteiger partial charge in [0.15, 0.2) is 0 Å². The van der Waals surface area contributed by atoms with E-state index in [4.69, 9.17) is 15.8 Å². The molecule has 3 nitrogen and oxygen atoms in total. The van der Waals surface area contributed by atoms with Crippen molar-refractivity contribution in [2.24, 2.45) is 0 Å². The highest BCUT2D eigenvalue weighted by molar-refractivity contribution is 7.10. The summed E-state index contributed by atoms with van der Waals surface area (Å²) in [5.41, 5.74) is 1.77. The lowest BCUT2D eigenvalue weighted by Crippen LogP contribution is -1.91. The molecule has 1 aromatic rings. The first-order chi connectivity index (χ1) is 6.83. The van der Waals surface area contributed by atoms with Crippen molar-refractivity contribution in [1.29, 1.82) is 15.8 Å². The van der Waals surface area contributed by atoms with Crippen LogP contribution in [0.2, 0.25) is 0 Å². The lowest BCUT2D eigenvalue weighted by atomic mass is 10.1. The van der Waals surface area contributed by atoms with Crippen molar-refractivity contribution >= 4 is 11.3 Å². The molecule has 0 aliphatic rings. The van der Waals surface area contributed by atoms with Crippen LogP contribution in [-0.2, 0) is 19.3 Å². The molecule has 0 N–H and O–H groups in total. The zero-order chi connectivity index (χ0) is 10.4. The third-order valence-electron chi connectivity index (χ3n) is 1.83. The molecule has 0 aromatic carbocycles. The summed E-state index contributed by atoms with van der Waals surface area (Å²) in [6.07, 6.45) is 0.934. The van der Waals surface area contributed by atoms with Gasteiger partial charge in [0.25, 0.3) is 0 Å². The fourth-order valence-electron chi connectivity index (χ4n) is 1.21. The van der Waals surface area contributed by atoms with Crippen LogP contribution in [0.1, 0.15) is 16.0 Å². The lowest BCUT2D eigenvalue weighted by molar-refractivity contribution is 1.14. The van der Waals surface area contributed by atoms with Gasteiger partial charge in [-0.2, -0.15) is 15.8 Å². The average molecular weight is 201 g/mol. The predicted octanol–water partition coefficient (Wildman–Crippen LogP) is 1.95. The fourth-order valence-corrected chi connectivity index (χ4v) is 2.21. The van der Waals surface area contributed by atoms with Crippen LogP contribution in [0.25, 0.3) is 0 Å². The summed E-state index contributed by atoms with van der Waals surface area (Å²) in [6, 6.07) is 6.16. The minimum atomic E-state index is 0.289. The van der Waals surface area contributed by atoms with Gasteiger partial charge in [-0.25, -0.2) is 0 Å². The zero-order valence-electron chi connectivity index (χ0n) is 7.45. The molecular formula is C10H7N3S. The molecule has 0 amide bonds. The van der Waals surface area contributed by atoms with Gasteiger partial charge in [0, 0.05) is 4.88 Å². The second-order valence-corrected chi connectivity index (χ2v) is 3.63. The Morgan fingerprint density at radius 2 is 1.64 bits per heavy atom. The van der Waals surface area contributed by atoms with Gasteiger partial charge in [-0.05, 0) is 16.5 Å². The summed E-state index contributed by atoms with van der Waals surface area (Å²) in [4.78, 5) is 0.916. The van der Waals surface area contributed by atoms with E-state index in [9.17, 15) is 0 Å². The highest BCUT2D eigenvalue weighted by Gasteiger charge is 2.10. The van der Waals surface area contributed by atoms with Crippen LogP contribution < -0.4 is 0 Å². The number of nitriles is 3. The summed E-state index contributed by atoms with van der Waals surface area (Å²) < 4.78 is 0. The van der Waals surface area contributed by atoms with Gasteiger partial charge in [-0.15, -0.1) is 11.3 Å². The third-order valence-corrected chi connectivity index (χ3v) is 2.91. The highest BCUT2D eigenvalue weighted by Crippen LogP contribution is 2.23. The molecule has 0 saturated carbocycles. The maximum absolute atomic E-state index is 8.61. The van der Waals surface area contributed by atoms with E-state index in [2.05, 4.69) is 18.2 Å². The van der Waals surface area contributed by atoms with Gasteiger partial charge in [-0.3, -0.25) is 0 Å². The van der Waals surface area contributed by atoms with Crippen molar-refractivity contribution in [3.8, 4) is 18.2 Å². The van der Waals surface area contributed by atoms with Crippen molar-refractivity contribution in [3.63, 3.8) is 0 Å². The first-order valence-corrected chi connectivity index (χ1v) is 4.90. The number of rotatable bonds is 3. The monoisotopic (exact) mass is 201 g/mol. The Morgan fingerprint density at radius 3 is 2.21 bits per heavy atom. The molecule has 0 atom stereocenters. The molecule has 1 aromatic heterocycles. The second kappa shape index (κ2) is 5.02. The Morgan fingerprint density at radius 1 is 1.00 bits per heavy atom. The normalized spacial score (nSPS) is 8.64. The molecule has 0 aliphatic heterocycles. The summed E-state index contributed by atoms with van der Waals surface area (Å²) in [6.45, 7) is 0. The van der Waals surface area contributed by atoms with Crippen LogP contribution in [-0.4, -0.2) is 0 Å². The molecule has 1 heterocycles. The molecule has 68 valence electrons. The van der Waals surface area contributed by atoms with Crippen LogP contribution in [0.15, 0.2) is 5.38 Å². The fraction of sp³-hybridized carbons (Fsp3) is 0.300. The molecule has 0 spiro atoms. The molecule has 0 saturated heterocycles. The number of hydrogen-bond acceptors (Lipinski definition) is 4. The molecule has 0 aliphatic carbocycles. The smallest absolute Gasteiger partial charge is 0.0698 e. The van der Waals surface area contributed by atoms with E-state index in [0.717, 1.165) is 16.0 Å². The predicted molar refractivity (Wildman–Crippen MR) is 52.3 cm³/mol. The number of thiophene rings is 1. The van der Waals surface area contributed by atoms with Crippen molar-refractivity contribution < 1.29 is 0 Å². The van der Waals surface area contributed by atoms with Crippen LogP contribution in [0.5, 0.6) is 0 Å². The molecule has 0 radical (unpaired) electrons. The highest BCUT2D eigenvalue weighted by atomic mass is 32.1. The van der Waals surface area contributed by atoms with E-state index in [0.29, 0.717) is 12.8 Å². The van der Waals surface area contributed by atoms with Crippen molar-refractivity contribution in [1.82, 2.24) is 0 Å². The van der Waals surface area contributed by atoms with E-state index in [1.165, 1.54) is 11.3 Å². The summed E-state index contributed by atoms with van der Waals surface area (Å²) in [7, 11) is 0. The van der Waals surface area contributed by atoms with Gasteiger partial charge in [0.1, 0.15) is 0 Å². The van der Waals surface area contributed by atoms with Crippen molar-refractivity contribution in [2.45, 2.75) is 19.3 Å². The molecule has 0 unspecified atom stereocenters. The summed E-state index contributed by atoms with van der Waals surface area (Å²) in [5, 5.41) is 27.6. The van der Waals surface area contributed by atoms with Gasteiger partial charge >= 0.3 is 0 Å². The molecule has 0 bridgehead atoms. The number of hydrogen-bond donors (Lipinski definition) is 0. The third kappa shape index (κ3) is 2.10. The minimum absolute atomic E-state index is 0.289. The second-order valence-electron chi connectivity index (χ2n) is 2.67. The van der Waals surface area contributed by atoms with E-state index in [1.807, 2.05) is 5.38 Å². The Hall–Kier alpha value is -1.83. The van der Waals surface area contributed by atoms with Gasteiger partial charge < -0.3 is 0 Å². The van der Waals surface area contributed by atoms with Crippen LogP contribution >= 0.6 is 11.3 Å². The Labute approximate surface area is 86.4 Å². The Balaban J connectivity index is 3.04. The van der Waals surface area contributed by atoms with E-state index in [-0.39, 0.29) is 6.42 Å². The minimum Gasteiger partial charge on any atom is -0.198 e. The molecule has 4 heteroatoms. The average Bonchev–Trinajstić information content (AvgIpc) is 2.52. The lowest BCUT2D eigenvalue weighted by Gasteiger charge is -1.96. The first kappa shape index (κ1) is 10.3. The zero-order valence-corrected chi connectivity index (χ0v) is 8.27. The van der Waals surface area contributed by atoms with E-state index >= 15 is 0 Å². The maximum Gasteiger partial charge on any atom is 0.0698 e. The molecule has 14 heavy (non-hydrogen) atoms. The van der Waals surface area contributed by atoms with E-state index in [1.54, 1.807) is 0 Å². The van der Waals surface area contributed by atoms with Crippen molar-refractivity contribution in [2.75, 3.05) is 0 Å². The van der Waals surface area contributed by atoms with Gasteiger partial charge in [0.05, 0.1) is 37.5 Å². The molecule has 1 rings (SSSR count). The summed E-state index contributed by atoms with van der Waals surface area (Å²) in [5.74, 6) is 0. The van der Waals surface area contributed by atoms with Crippen LogP contribution in [0, 0.1) is 34.0 Å². The van der Waals surface area contributed by atoms with Gasteiger partial charge in [0.2, 0.25) is 0 Å². The van der Waals surface area contributed by atoms with Crippen LogP contribution in [0.4, 0.5) is 0 Å². The molecular weight excluding hydrogens is 194 g/mol.